The van der Waals surface area contributed by atoms with Crippen molar-refractivity contribution in [3.8, 4) is 11.3 Å². The molecule has 5 nitrogen and oxygen atoms in total. The van der Waals surface area contributed by atoms with Gasteiger partial charge < -0.3 is 15.2 Å². The molecule has 0 aliphatic carbocycles. The van der Waals surface area contributed by atoms with Gasteiger partial charge in [0.1, 0.15) is 5.69 Å². The second-order valence-electron chi connectivity index (χ2n) is 4.75. The van der Waals surface area contributed by atoms with Crippen molar-refractivity contribution in [3.05, 3.63) is 42.1 Å². The average molecular weight is 414 g/mol. The lowest BCUT2D eigenvalue weighted by atomic mass is 10.2. The molecule has 0 amide bonds. The van der Waals surface area contributed by atoms with Crippen molar-refractivity contribution in [1.29, 1.82) is 0 Å². The molecule has 0 bridgehead atoms. The Morgan fingerprint density at radius 3 is 2.68 bits per heavy atom. The Balaban J connectivity index is 0.00000242. The van der Waals surface area contributed by atoms with Crippen LogP contribution in [0.5, 0.6) is 0 Å². The van der Waals surface area contributed by atoms with Crippen LogP contribution in [0.15, 0.2) is 45.9 Å². The Morgan fingerprint density at radius 2 is 2.00 bits per heavy atom. The molecule has 0 fully saturated rings. The minimum absolute atomic E-state index is 0. The molecule has 0 saturated heterocycles. The number of aliphatic imine (C=N–C) groups is 1. The molecule has 0 unspecified atom stereocenters. The van der Waals surface area contributed by atoms with Crippen molar-refractivity contribution < 1.29 is 4.52 Å². The van der Waals surface area contributed by atoms with Crippen LogP contribution in [0.2, 0.25) is 0 Å². The van der Waals surface area contributed by atoms with Gasteiger partial charge in [-0.1, -0.05) is 48.8 Å². The van der Waals surface area contributed by atoms with Crippen molar-refractivity contribution in [2.45, 2.75) is 26.3 Å². The van der Waals surface area contributed by atoms with Gasteiger partial charge in [-0.3, -0.25) is 4.99 Å². The SMILES string of the molecule is CCCCNC(=NC)NCc1cc(-c2ccccc2)on1.I. The number of nitrogens with zero attached hydrogens (tertiary/aromatic N) is 2. The number of guanidine groups is 1. The van der Waals surface area contributed by atoms with Crippen molar-refractivity contribution in [1.82, 2.24) is 15.8 Å². The molecule has 2 aromatic rings. The number of aromatic nitrogens is 1. The van der Waals surface area contributed by atoms with Gasteiger partial charge in [-0.25, -0.2) is 0 Å². The molecule has 120 valence electrons. The Labute approximate surface area is 148 Å². The maximum atomic E-state index is 5.36. The van der Waals surface area contributed by atoms with Gasteiger partial charge in [0.2, 0.25) is 0 Å². The lowest BCUT2D eigenvalue weighted by Crippen LogP contribution is -2.37. The van der Waals surface area contributed by atoms with Crippen LogP contribution >= 0.6 is 24.0 Å². The number of rotatable bonds is 6. The molecule has 0 saturated carbocycles. The minimum Gasteiger partial charge on any atom is -0.356 e. The third kappa shape index (κ3) is 5.67. The van der Waals surface area contributed by atoms with E-state index in [2.05, 4.69) is 27.7 Å². The smallest absolute Gasteiger partial charge is 0.191 e. The Hall–Kier alpha value is -1.57. The standard InChI is InChI=1S/C16H22N4O.HI/c1-3-4-10-18-16(17-2)19-12-14-11-15(21-20-14)13-8-6-5-7-9-13;/h5-9,11H,3-4,10,12H2,1-2H3,(H2,17,18,19);1H. The second kappa shape index (κ2) is 10.2. The van der Waals surface area contributed by atoms with E-state index in [9.17, 15) is 0 Å². The minimum atomic E-state index is 0. The van der Waals surface area contributed by atoms with Gasteiger partial charge >= 0.3 is 0 Å². The molecule has 1 aromatic heterocycles. The van der Waals surface area contributed by atoms with Crippen LogP contribution in [0.1, 0.15) is 25.5 Å². The molecule has 6 heteroatoms. The molecule has 2 rings (SSSR count). The molecule has 0 aliphatic heterocycles. The lowest BCUT2D eigenvalue weighted by Gasteiger charge is -2.09. The van der Waals surface area contributed by atoms with Crippen LogP contribution in [0.3, 0.4) is 0 Å². The van der Waals surface area contributed by atoms with Crippen LogP contribution in [0.25, 0.3) is 11.3 Å². The van der Waals surface area contributed by atoms with Gasteiger partial charge in [0.15, 0.2) is 11.7 Å². The summed E-state index contributed by atoms with van der Waals surface area (Å²) in [5.41, 5.74) is 1.88. The predicted octanol–water partition coefficient (Wildman–Crippen LogP) is 3.42. The van der Waals surface area contributed by atoms with E-state index in [0.29, 0.717) is 6.54 Å². The fourth-order valence-electron chi connectivity index (χ4n) is 1.91. The van der Waals surface area contributed by atoms with E-state index in [4.69, 9.17) is 4.52 Å². The fourth-order valence-corrected chi connectivity index (χ4v) is 1.91. The number of benzene rings is 1. The van der Waals surface area contributed by atoms with Gasteiger partial charge in [-0.15, -0.1) is 24.0 Å². The van der Waals surface area contributed by atoms with E-state index in [1.165, 1.54) is 0 Å². The molecule has 0 spiro atoms. The summed E-state index contributed by atoms with van der Waals surface area (Å²) in [6, 6.07) is 11.9. The zero-order chi connectivity index (χ0) is 14.9. The highest BCUT2D eigenvalue weighted by Gasteiger charge is 2.06. The van der Waals surface area contributed by atoms with E-state index in [0.717, 1.165) is 42.4 Å². The van der Waals surface area contributed by atoms with E-state index >= 15 is 0 Å². The first-order valence-electron chi connectivity index (χ1n) is 7.29. The summed E-state index contributed by atoms with van der Waals surface area (Å²) in [6.45, 7) is 3.67. The quantitative estimate of drug-likeness (QED) is 0.329. The van der Waals surface area contributed by atoms with Crippen LogP contribution in [-0.4, -0.2) is 24.7 Å². The van der Waals surface area contributed by atoms with Gasteiger partial charge in [-0.2, -0.15) is 0 Å². The van der Waals surface area contributed by atoms with Gasteiger partial charge in [0, 0.05) is 25.2 Å². The monoisotopic (exact) mass is 414 g/mol. The highest BCUT2D eigenvalue weighted by Crippen LogP contribution is 2.19. The van der Waals surface area contributed by atoms with E-state index in [1.54, 1.807) is 7.05 Å². The summed E-state index contributed by atoms with van der Waals surface area (Å²) in [7, 11) is 1.76. The van der Waals surface area contributed by atoms with E-state index < -0.39 is 0 Å². The van der Waals surface area contributed by atoms with E-state index in [1.807, 2.05) is 36.4 Å². The number of hydrogen-bond acceptors (Lipinski definition) is 3. The maximum absolute atomic E-state index is 5.36. The first kappa shape index (κ1) is 18.5. The van der Waals surface area contributed by atoms with Gasteiger partial charge in [-0.05, 0) is 6.42 Å². The van der Waals surface area contributed by atoms with Crippen molar-refractivity contribution in [2.75, 3.05) is 13.6 Å². The lowest BCUT2D eigenvalue weighted by molar-refractivity contribution is 0.422. The predicted molar refractivity (Wildman–Crippen MR) is 100 cm³/mol. The van der Waals surface area contributed by atoms with Crippen molar-refractivity contribution in [2.24, 2.45) is 4.99 Å². The van der Waals surface area contributed by atoms with Crippen LogP contribution in [0.4, 0.5) is 0 Å². The molecule has 1 heterocycles. The molecule has 0 radical (unpaired) electrons. The first-order valence-corrected chi connectivity index (χ1v) is 7.29. The van der Waals surface area contributed by atoms with E-state index in [-0.39, 0.29) is 24.0 Å². The third-order valence-corrected chi connectivity index (χ3v) is 3.10. The Kier molecular flexibility index (Phi) is 8.57. The normalized spacial score (nSPS) is 10.9. The van der Waals surface area contributed by atoms with Crippen LogP contribution in [-0.2, 0) is 6.54 Å². The first-order chi connectivity index (χ1) is 10.3. The fraction of sp³-hybridized carbons (Fsp3) is 0.375. The van der Waals surface area contributed by atoms with Gasteiger partial charge in [0.25, 0.3) is 0 Å². The zero-order valence-electron chi connectivity index (χ0n) is 13.0. The Morgan fingerprint density at radius 1 is 1.23 bits per heavy atom. The highest BCUT2D eigenvalue weighted by molar-refractivity contribution is 14.0. The second-order valence-corrected chi connectivity index (χ2v) is 4.75. The molecule has 2 N–H and O–H groups in total. The maximum Gasteiger partial charge on any atom is 0.191 e. The third-order valence-electron chi connectivity index (χ3n) is 3.10. The summed E-state index contributed by atoms with van der Waals surface area (Å²) in [5.74, 6) is 1.56. The molecule has 0 atom stereocenters. The van der Waals surface area contributed by atoms with Crippen LogP contribution < -0.4 is 10.6 Å². The Bertz CT molecular complexity index is 569. The molecular weight excluding hydrogens is 391 g/mol. The summed E-state index contributed by atoms with van der Waals surface area (Å²) >= 11 is 0. The molecular formula is C16H23IN4O. The number of hydrogen-bond donors (Lipinski definition) is 2. The molecule has 0 aliphatic rings. The summed E-state index contributed by atoms with van der Waals surface area (Å²) in [5, 5.41) is 10.6. The van der Waals surface area contributed by atoms with Crippen molar-refractivity contribution in [3.63, 3.8) is 0 Å². The zero-order valence-corrected chi connectivity index (χ0v) is 15.3. The summed E-state index contributed by atoms with van der Waals surface area (Å²) < 4.78 is 5.36. The number of nitrogens with one attached hydrogen (secondary N) is 2. The topological polar surface area (TPSA) is 62.5 Å². The highest BCUT2D eigenvalue weighted by atomic mass is 127. The molecule has 1 aromatic carbocycles. The van der Waals surface area contributed by atoms with Crippen molar-refractivity contribution >= 4 is 29.9 Å². The number of halogens is 1. The summed E-state index contributed by atoms with van der Waals surface area (Å²) in [6.07, 6.45) is 2.29. The van der Waals surface area contributed by atoms with Gasteiger partial charge in [0.05, 0.1) is 6.54 Å². The number of unbranched alkanes of at least 4 members (excludes halogenated alkanes) is 1. The van der Waals surface area contributed by atoms with Crippen LogP contribution in [0, 0.1) is 0 Å². The average Bonchev–Trinajstić information content (AvgIpc) is 3.00. The largest absolute Gasteiger partial charge is 0.356 e. The molecule has 22 heavy (non-hydrogen) atoms. The summed E-state index contributed by atoms with van der Waals surface area (Å²) in [4.78, 5) is 4.18.